The number of hydrogen-bond acceptors (Lipinski definition) is 3. The average molecular weight is 189 g/mol. The van der Waals surface area contributed by atoms with Crippen molar-refractivity contribution in [1.29, 1.82) is 0 Å². The molecule has 0 aromatic rings. The summed E-state index contributed by atoms with van der Waals surface area (Å²) in [6, 6.07) is 0. The van der Waals surface area contributed by atoms with Crippen molar-refractivity contribution in [2.24, 2.45) is 5.73 Å². The van der Waals surface area contributed by atoms with Crippen molar-refractivity contribution in [1.82, 2.24) is 10.2 Å². The maximum atomic E-state index is 5.23. The zero-order chi connectivity index (χ0) is 10.5. The smallest absolute Gasteiger partial charge is 0.0428 e. The summed E-state index contributed by atoms with van der Waals surface area (Å²) in [4.78, 5) is 2.00. The highest BCUT2D eigenvalue weighted by Crippen LogP contribution is 1.96. The second kappa shape index (κ2) is 14.4. The third-order valence-electron chi connectivity index (χ3n) is 1.35. The van der Waals surface area contributed by atoms with E-state index in [0.29, 0.717) is 6.67 Å². The third-order valence-corrected chi connectivity index (χ3v) is 1.35. The van der Waals surface area contributed by atoms with Gasteiger partial charge >= 0.3 is 0 Å². The van der Waals surface area contributed by atoms with E-state index >= 15 is 0 Å². The minimum absolute atomic E-state index is 0.617. The van der Waals surface area contributed by atoms with Crippen LogP contribution in [0.25, 0.3) is 0 Å². The summed E-state index contributed by atoms with van der Waals surface area (Å²) in [5.41, 5.74) is 5.23. The number of nitrogens with one attached hydrogen (secondary N) is 1. The fourth-order valence-electron chi connectivity index (χ4n) is 0.779. The number of unbranched alkanes of at least 4 members (excludes halogenated alkanes) is 3. The fourth-order valence-corrected chi connectivity index (χ4v) is 0.779. The molecule has 0 radical (unpaired) electrons. The molecule has 0 heterocycles. The van der Waals surface area contributed by atoms with Crippen molar-refractivity contribution in [3.63, 3.8) is 0 Å². The SMILES string of the molecule is CCCCCCNCN.CN(C)C. The molecule has 0 aromatic carbocycles. The molecule has 0 spiro atoms. The predicted molar refractivity (Wildman–Crippen MR) is 60.8 cm³/mol. The molecule has 0 aromatic heterocycles. The van der Waals surface area contributed by atoms with Gasteiger partial charge in [0.25, 0.3) is 0 Å². The first-order valence-electron chi connectivity index (χ1n) is 5.16. The lowest BCUT2D eigenvalue weighted by Crippen LogP contribution is -2.23. The van der Waals surface area contributed by atoms with Crippen LogP contribution in [0.2, 0.25) is 0 Å². The van der Waals surface area contributed by atoms with Gasteiger partial charge in [-0.15, -0.1) is 0 Å². The standard InChI is InChI=1S/C7H18N2.C3H9N/c1-2-3-4-5-6-9-7-8;1-4(2)3/h9H,2-8H2,1H3;1-3H3. The number of rotatable bonds is 6. The van der Waals surface area contributed by atoms with E-state index in [1.54, 1.807) is 0 Å². The molecule has 0 saturated heterocycles. The number of hydrogen-bond donors (Lipinski definition) is 2. The molecule has 0 atom stereocenters. The van der Waals surface area contributed by atoms with Gasteiger partial charge in [-0.05, 0) is 34.1 Å². The van der Waals surface area contributed by atoms with Crippen molar-refractivity contribution >= 4 is 0 Å². The Bertz CT molecular complexity index is 65.8. The minimum atomic E-state index is 0.617. The first kappa shape index (κ1) is 15.4. The summed E-state index contributed by atoms with van der Waals surface area (Å²) in [6.45, 7) is 3.92. The van der Waals surface area contributed by atoms with Gasteiger partial charge in [-0.2, -0.15) is 0 Å². The maximum absolute atomic E-state index is 5.23. The maximum Gasteiger partial charge on any atom is 0.0428 e. The van der Waals surface area contributed by atoms with Crippen LogP contribution in [0.4, 0.5) is 0 Å². The first-order valence-corrected chi connectivity index (χ1v) is 5.16. The van der Waals surface area contributed by atoms with Crippen molar-refractivity contribution in [3.8, 4) is 0 Å². The van der Waals surface area contributed by atoms with Crippen molar-refractivity contribution in [2.75, 3.05) is 34.4 Å². The van der Waals surface area contributed by atoms with E-state index in [1.165, 1.54) is 25.7 Å². The molecule has 0 saturated carbocycles. The zero-order valence-electron chi connectivity index (χ0n) is 9.77. The van der Waals surface area contributed by atoms with E-state index in [0.717, 1.165) is 6.54 Å². The minimum Gasteiger partial charge on any atom is -0.318 e. The molecule has 0 fully saturated rings. The monoisotopic (exact) mass is 189 g/mol. The van der Waals surface area contributed by atoms with Crippen molar-refractivity contribution < 1.29 is 0 Å². The van der Waals surface area contributed by atoms with E-state index < -0.39 is 0 Å². The summed E-state index contributed by atoms with van der Waals surface area (Å²) < 4.78 is 0. The van der Waals surface area contributed by atoms with Gasteiger partial charge in [0.15, 0.2) is 0 Å². The van der Waals surface area contributed by atoms with Crippen molar-refractivity contribution in [3.05, 3.63) is 0 Å². The van der Waals surface area contributed by atoms with E-state index in [9.17, 15) is 0 Å². The van der Waals surface area contributed by atoms with E-state index in [4.69, 9.17) is 5.73 Å². The Hall–Kier alpha value is -0.120. The normalized spacial score (nSPS) is 9.69. The molecular weight excluding hydrogens is 162 g/mol. The Morgan fingerprint density at radius 2 is 1.62 bits per heavy atom. The molecule has 0 aliphatic rings. The van der Waals surface area contributed by atoms with Gasteiger partial charge in [-0.1, -0.05) is 26.2 Å². The molecule has 3 N–H and O–H groups in total. The van der Waals surface area contributed by atoms with Gasteiger partial charge in [0.05, 0.1) is 0 Å². The van der Waals surface area contributed by atoms with Crippen LogP contribution in [0.5, 0.6) is 0 Å². The third kappa shape index (κ3) is 33.5. The molecule has 13 heavy (non-hydrogen) atoms. The van der Waals surface area contributed by atoms with Crippen molar-refractivity contribution in [2.45, 2.75) is 32.6 Å². The lowest BCUT2D eigenvalue weighted by molar-refractivity contribution is 0.505. The second-order valence-electron chi connectivity index (χ2n) is 3.61. The molecule has 0 aliphatic heterocycles. The highest BCUT2D eigenvalue weighted by Gasteiger charge is 1.84. The summed E-state index contributed by atoms with van der Waals surface area (Å²) in [5.74, 6) is 0. The summed E-state index contributed by atoms with van der Waals surface area (Å²) >= 11 is 0. The number of nitrogens with zero attached hydrogens (tertiary/aromatic N) is 1. The Morgan fingerprint density at radius 1 is 1.08 bits per heavy atom. The molecule has 0 bridgehead atoms. The quantitative estimate of drug-likeness (QED) is 0.488. The van der Waals surface area contributed by atoms with Gasteiger partial charge in [0, 0.05) is 6.67 Å². The molecule has 82 valence electrons. The van der Waals surface area contributed by atoms with Crippen LogP contribution in [0.3, 0.4) is 0 Å². The molecule has 3 nitrogen and oxygen atoms in total. The van der Waals surface area contributed by atoms with Gasteiger partial charge in [0.2, 0.25) is 0 Å². The zero-order valence-corrected chi connectivity index (χ0v) is 9.77. The van der Waals surface area contributed by atoms with Crippen LogP contribution < -0.4 is 11.1 Å². The molecular formula is C10H27N3. The molecule has 3 heteroatoms. The molecule has 0 rings (SSSR count). The average Bonchev–Trinajstić information content (AvgIpc) is 2.03. The van der Waals surface area contributed by atoms with Crippen LogP contribution >= 0.6 is 0 Å². The van der Waals surface area contributed by atoms with E-state index in [-0.39, 0.29) is 0 Å². The largest absolute Gasteiger partial charge is 0.318 e. The van der Waals surface area contributed by atoms with Crippen LogP contribution in [0.15, 0.2) is 0 Å². The fraction of sp³-hybridized carbons (Fsp3) is 1.00. The Morgan fingerprint density at radius 3 is 2.00 bits per heavy atom. The van der Waals surface area contributed by atoms with Gasteiger partial charge in [-0.3, -0.25) is 0 Å². The summed E-state index contributed by atoms with van der Waals surface area (Å²) in [6.07, 6.45) is 5.27. The Balaban J connectivity index is 0. The van der Waals surface area contributed by atoms with Crippen LogP contribution in [-0.2, 0) is 0 Å². The Labute approximate surface area is 83.7 Å². The highest BCUT2D eigenvalue weighted by atomic mass is 15.0. The summed E-state index contributed by atoms with van der Waals surface area (Å²) in [7, 11) is 6.00. The summed E-state index contributed by atoms with van der Waals surface area (Å²) in [5, 5.41) is 3.08. The van der Waals surface area contributed by atoms with Gasteiger partial charge in [-0.25, -0.2) is 0 Å². The van der Waals surface area contributed by atoms with Crippen LogP contribution in [0.1, 0.15) is 32.6 Å². The van der Waals surface area contributed by atoms with E-state index in [1.807, 2.05) is 26.0 Å². The first-order chi connectivity index (χ1) is 6.15. The second-order valence-corrected chi connectivity index (χ2v) is 3.61. The highest BCUT2D eigenvalue weighted by molar-refractivity contribution is 4.43. The van der Waals surface area contributed by atoms with E-state index in [2.05, 4.69) is 12.2 Å². The molecule has 0 aliphatic carbocycles. The van der Waals surface area contributed by atoms with Gasteiger partial charge in [0.1, 0.15) is 0 Å². The topological polar surface area (TPSA) is 41.3 Å². The lowest BCUT2D eigenvalue weighted by atomic mass is 10.2. The Kier molecular flexibility index (Phi) is 17.0. The van der Waals surface area contributed by atoms with Gasteiger partial charge < -0.3 is 16.0 Å². The molecule has 0 amide bonds. The van der Waals surface area contributed by atoms with Crippen LogP contribution in [-0.4, -0.2) is 39.3 Å². The predicted octanol–water partition coefficient (Wildman–Crippen LogP) is 1.25. The lowest BCUT2D eigenvalue weighted by Gasteiger charge is -1.98. The van der Waals surface area contributed by atoms with Crippen LogP contribution in [0, 0.1) is 0 Å². The molecule has 0 unspecified atom stereocenters. The number of nitrogens with two attached hydrogens (primary N) is 1.